The van der Waals surface area contributed by atoms with Crippen molar-refractivity contribution in [2.24, 2.45) is 5.92 Å². The fraction of sp³-hybridized carbons (Fsp3) is 0.280. The SMILES string of the molecule is C=CCn1c(SCC(=O)Nc2cc([N+](=O)[O-])ccc2Cl)nnc1[C@@H](NC(=O)c1ccc(C)cc1)C(C)C. The Morgan fingerprint density at radius 3 is 2.54 bits per heavy atom. The van der Waals surface area contributed by atoms with Crippen LogP contribution >= 0.6 is 23.4 Å². The minimum absolute atomic E-state index is 0.000625. The van der Waals surface area contributed by atoms with E-state index in [0.29, 0.717) is 23.1 Å². The molecular formula is C25H27ClN6O4S. The number of hydrogen-bond donors (Lipinski definition) is 2. The van der Waals surface area contributed by atoms with Crippen molar-refractivity contribution in [1.82, 2.24) is 20.1 Å². The van der Waals surface area contributed by atoms with Gasteiger partial charge in [0.1, 0.15) is 0 Å². The van der Waals surface area contributed by atoms with E-state index in [9.17, 15) is 19.7 Å². The van der Waals surface area contributed by atoms with Gasteiger partial charge in [-0.2, -0.15) is 0 Å². The summed E-state index contributed by atoms with van der Waals surface area (Å²) in [6.07, 6.45) is 1.68. The zero-order chi connectivity index (χ0) is 27.1. The lowest BCUT2D eigenvalue weighted by atomic mass is 10.0. The molecule has 0 radical (unpaired) electrons. The van der Waals surface area contributed by atoms with E-state index in [-0.39, 0.29) is 34.0 Å². The van der Waals surface area contributed by atoms with Crippen molar-refractivity contribution in [2.75, 3.05) is 11.1 Å². The summed E-state index contributed by atoms with van der Waals surface area (Å²) in [6, 6.07) is 10.7. The third-order valence-electron chi connectivity index (χ3n) is 5.37. The molecule has 0 aliphatic carbocycles. The lowest BCUT2D eigenvalue weighted by Crippen LogP contribution is -2.33. The van der Waals surface area contributed by atoms with Crippen LogP contribution in [0.15, 0.2) is 60.3 Å². The van der Waals surface area contributed by atoms with Crippen molar-refractivity contribution < 1.29 is 14.5 Å². The van der Waals surface area contributed by atoms with Crippen molar-refractivity contribution in [2.45, 2.75) is 38.5 Å². The number of nitro benzene ring substituents is 1. The minimum Gasteiger partial charge on any atom is -0.342 e. The van der Waals surface area contributed by atoms with Gasteiger partial charge in [-0.1, -0.05) is 61.0 Å². The molecule has 0 spiro atoms. The molecule has 2 amide bonds. The van der Waals surface area contributed by atoms with E-state index in [1.54, 1.807) is 22.8 Å². The second-order valence-electron chi connectivity index (χ2n) is 8.56. The highest BCUT2D eigenvalue weighted by Gasteiger charge is 2.26. The number of nitrogens with zero attached hydrogens (tertiary/aromatic N) is 4. The number of allylic oxidation sites excluding steroid dienone is 1. The molecule has 2 aromatic carbocycles. The summed E-state index contributed by atoms with van der Waals surface area (Å²) in [6.45, 7) is 10.1. The summed E-state index contributed by atoms with van der Waals surface area (Å²) < 4.78 is 1.80. The highest BCUT2D eigenvalue weighted by atomic mass is 35.5. The van der Waals surface area contributed by atoms with E-state index in [2.05, 4.69) is 27.4 Å². The number of amides is 2. The summed E-state index contributed by atoms with van der Waals surface area (Å²) in [5.74, 6) is -0.153. The molecule has 0 saturated carbocycles. The molecule has 12 heteroatoms. The fourth-order valence-electron chi connectivity index (χ4n) is 3.44. The lowest BCUT2D eigenvalue weighted by molar-refractivity contribution is -0.384. The molecule has 10 nitrogen and oxygen atoms in total. The monoisotopic (exact) mass is 542 g/mol. The standard InChI is InChI=1S/C25H27ClN6O4S/c1-5-12-31-23(22(15(2)3)28-24(34)17-8-6-16(4)7-9-17)29-30-25(31)37-14-21(33)27-20-13-18(32(35)36)10-11-19(20)26/h5-11,13,15,22H,1,12,14H2,2-4H3,(H,27,33)(H,28,34)/t22-/m0/s1. The number of nitrogens with one attached hydrogen (secondary N) is 2. The number of benzene rings is 2. The van der Waals surface area contributed by atoms with Crippen LogP contribution in [-0.4, -0.2) is 37.3 Å². The third-order valence-corrected chi connectivity index (χ3v) is 6.67. The molecule has 0 saturated heterocycles. The van der Waals surface area contributed by atoms with Crippen molar-refractivity contribution in [3.8, 4) is 0 Å². The number of carbonyl (C=O) groups excluding carboxylic acids is 2. The van der Waals surface area contributed by atoms with Gasteiger partial charge >= 0.3 is 0 Å². The largest absolute Gasteiger partial charge is 0.342 e. The molecule has 1 heterocycles. The summed E-state index contributed by atoms with van der Waals surface area (Å²) in [7, 11) is 0. The topological polar surface area (TPSA) is 132 Å². The molecule has 0 bridgehead atoms. The Morgan fingerprint density at radius 2 is 1.92 bits per heavy atom. The molecular weight excluding hydrogens is 516 g/mol. The minimum atomic E-state index is -0.567. The first-order valence-corrected chi connectivity index (χ1v) is 12.7. The maximum atomic E-state index is 12.9. The average Bonchev–Trinajstić information content (AvgIpc) is 3.24. The van der Waals surface area contributed by atoms with Crippen LogP contribution in [0, 0.1) is 23.0 Å². The van der Waals surface area contributed by atoms with Gasteiger partial charge in [0, 0.05) is 24.2 Å². The molecule has 0 aliphatic heterocycles. The Labute approximate surface area is 223 Å². The number of nitro groups is 1. The number of rotatable bonds is 11. The first-order valence-electron chi connectivity index (χ1n) is 11.4. The van der Waals surface area contributed by atoms with Crippen molar-refractivity contribution in [1.29, 1.82) is 0 Å². The molecule has 2 N–H and O–H groups in total. The Balaban J connectivity index is 1.76. The van der Waals surface area contributed by atoms with Gasteiger partial charge in [-0.15, -0.1) is 16.8 Å². The molecule has 3 rings (SSSR count). The van der Waals surface area contributed by atoms with E-state index >= 15 is 0 Å². The summed E-state index contributed by atoms with van der Waals surface area (Å²) >= 11 is 7.21. The zero-order valence-corrected chi connectivity index (χ0v) is 22.2. The number of anilines is 1. The van der Waals surface area contributed by atoms with Gasteiger partial charge in [-0.3, -0.25) is 19.7 Å². The highest BCUT2D eigenvalue weighted by molar-refractivity contribution is 7.99. The van der Waals surface area contributed by atoms with Crippen LogP contribution in [0.3, 0.4) is 0 Å². The van der Waals surface area contributed by atoms with Gasteiger partial charge in [-0.25, -0.2) is 0 Å². The van der Waals surface area contributed by atoms with E-state index in [1.165, 1.54) is 18.2 Å². The van der Waals surface area contributed by atoms with Crippen LogP contribution in [0.2, 0.25) is 5.02 Å². The lowest BCUT2D eigenvalue weighted by Gasteiger charge is -2.22. The molecule has 1 aromatic heterocycles. The van der Waals surface area contributed by atoms with Crippen molar-refractivity contribution >= 4 is 46.6 Å². The average molecular weight is 543 g/mol. The number of aromatic nitrogens is 3. The first kappa shape index (κ1) is 27.9. The second kappa shape index (κ2) is 12.5. The van der Waals surface area contributed by atoms with Crippen LogP contribution in [-0.2, 0) is 11.3 Å². The van der Waals surface area contributed by atoms with Crippen LogP contribution in [0.4, 0.5) is 11.4 Å². The van der Waals surface area contributed by atoms with Gasteiger partial charge in [0.05, 0.1) is 27.4 Å². The van der Waals surface area contributed by atoms with E-state index in [4.69, 9.17) is 11.6 Å². The quantitative estimate of drug-likeness (QED) is 0.147. The summed E-state index contributed by atoms with van der Waals surface area (Å²) in [4.78, 5) is 35.9. The zero-order valence-electron chi connectivity index (χ0n) is 20.6. The maximum Gasteiger partial charge on any atom is 0.271 e. The fourth-order valence-corrected chi connectivity index (χ4v) is 4.36. The number of non-ortho nitro benzene ring substituents is 1. The van der Waals surface area contributed by atoms with Gasteiger partial charge in [0.15, 0.2) is 11.0 Å². The number of thioether (sulfide) groups is 1. The first-order chi connectivity index (χ1) is 17.6. The molecule has 0 fully saturated rings. The molecule has 1 atom stereocenters. The van der Waals surface area contributed by atoms with Gasteiger partial charge in [0.25, 0.3) is 11.6 Å². The highest BCUT2D eigenvalue weighted by Crippen LogP contribution is 2.28. The Hall–Kier alpha value is -3.70. The van der Waals surface area contributed by atoms with E-state index < -0.39 is 16.9 Å². The Morgan fingerprint density at radius 1 is 1.22 bits per heavy atom. The van der Waals surface area contributed by atoms with Crippen LogP contribution in [0.5, 0.6) is 0 Å². The molecule has 3 aromatic rings. The number of hydrogen-bond acceptors (Lipinski definition) is 7. The normalized spacial score (nSPS) is 11.7. The van der Waals surface area contributed by atoms with Gasteiger partial charge < -0.3 is 15.2 Å². The summed E-state index contributed by atoms with van der Waals surface area (Å²) in [5.41, 5.74) is 1.56. The van der Waals surface area contributed by atoms with Crippen molar-refractivity contribution in [3.63, 3.8) is 0 Å². The molecule has 194 valence electrons. The van der Waals surface area contributed by atoms with E-state index in [1.807, 2.05) is 32.9 Å². The predicted molar refractivity (Wildman–Crippen MR) is 144 cm³/mol. The molecule has 37 heavy (non-hydrogen) atoms. The maximum absolute atomic E-state index is 12.9. The molecule has 0 aliphatic rings. The van der Waals surface area contributed by atoms with Crippen LogP contribution in [0.1, 0.15) is 41.6 Å². The predicted octanol–water partition coefficient (Wildman–Crippen LogP) is 5.19. The summed E-state index contributed by atoms with van der Waals surface area (Å²) in [5, 5.41) is 25.9. The molecule has 0 unspecified atom stereocenters. The Kier molecular flexibility index (Phi) is 9.42. The van der Waals surface area contributed by atoms with E-state index in [0.717, 1.165) is 17.3 Å². The van der Waals surface area contributed by atoms with Crippen LogP contribution in [0.25, 0.3) is 0 Å². The van der Waals surface area contributed by atoms with Crippen LogP contribution < -0.4 is 10.6 Å². The number of aryl methyl sites for hydroxylation is 1. The Bertz CT molecular complexity index is 1310. The van der Waals surface area contributed by atoms with Crippen molar-refractivity contribution in [3.05, 3.63) is 87.2 Å². The number of halogens is 1. The van der Waals surface area contributed by atoms with Gasteiger partial charge in [0.2, 0.25) is 5.91 Å². The van der Waals surface area contributed by atoms with Gasteiger partial charge in [-0.05, 0) is 31.0 Å². The second-order valence-corrected chi connectivity index (χ2v) is 9.91. The smallest absolute Gasteiger partial charge is 0.271 e. The third kappa shape index (κ3) is 7.17. The number of carbonyl (C=O) groups is 2.